The van der Waals surface area contributed by atoms with E-state index in [9.17, 15) is 13.2 Å². The summed E-state index contributed by atoms with van der Waals surface area (Å²) in [6.07, 6.45) is -4.67. The maximum Gasteiger partial charge on any atom is 0.573 e. The zero-order chi connectivity index (χ0) is 13.4. The Labute approximate surface area is 106 Å². The number of amidine groups is 1. The van der Waals surface area contributed by atoms with Crippen LogP contribution < -0.4 is 10.5 Å². The number of ether oxygens (including phenoxy) is 1. The summed E-state index contributed by atoms with van der Waals surface area (Å²) in [5.41, 5.74) is 5.93. The fourth-order valence-corrected chi connectivity index (χ4v) is 2.61. The van der Waals surface area contributed by atoms with Crippen LogP contribution in [0.5, 0.6) is 5.75 Å². The van der Waals surface area contributed by atoms with Gasteiger partial charge in [-0.1, -0.05) is 23.9 Å². The van der Waals surface area contributed by atoms with Crippen molar-refractivity contribution in [3.8, 4) is 5.75 Å². The lowest BCUT2D eigenvalue weighted by atomic mass is 9.95. The fourth-order valence-electron chi connectivity index (χ4n) is 1.69. The Morgan fingerprint density at radius 3 is 2.39 bits per heavy atom. The minimum absolute atomic E-state index is 0.238. The molecule has 1 atom stereocenters. The third-order valence-corrected chi connectivity index (χ3v) is 3.66. The van der Waals surface area contributed by atoms with Crippen LogP contribution in [0.4, 0.5) is 13.2 Å². The smallest absolute Gasteiger partial charge is 0.406 e. The van der Waals surface area contributed by atoms with E-state index in [1.165, 1.54) is 23.9 Å². The molecule has 0 spiro atoms. The van der Waals surface area contributed by atoms with Crippen molar-refractivity contribution < 1.29 is 17.9 Å². The molecule has 1 heterocycles. The van der Waals surface area contributed by atoms with Gasteiger partial charge in [0.25, 0.3) is 0 Å². The van der Waals surface area contributed by atoms with Crippen LogP contribution in [0.2, 0.25) is 0 Å². The molecule has 1 unspecified atom stereocenters. The topological polar surface area (TPSA) is 47.6 Å². The number of alkyl halides is 3. The standard InChI is InChI=1S/C11H11F3N2OS/c1-10(6-18-9(15)16-10)7-2-4-8(5-3-7)17-11(12,13)14/h2-5H,6H2,1H3,(H2,15,16). The summed E-state index contributed by atoms with van der Waals surface area (Å²) in [6.45, 7) is 1.89. The fraction of sp³-hybridized carbons (Fsp3) is 0.364. The zero-order valence-corrected chi connectivity index (χ0v) is 10.3. The summed E-state index contributed by atoms with van der Waals surface area (Å²) >= 11 is 1.43. The van der Waals surface area contributed by atoms with Crippen LogP contribution in [0.1, 0.15) is 12.5 Å². The summed E-state index contributed by atoms with van der Waals surface area (Å²) in [5.74, 6) is 0.440. The van der Waals surface area contributed by atoms with Crippen molar-refractivity contribution in [2.24, 2.45) is 10.7 Å². The first-order valence-corrected chi connectivity index (χ1v) is 6.11. The number of thioether (sulfide) groups is 1. The monoisotopic (exact) mass is 276 g/mol. The normalized spacial score (nSPS) is 23.9. The molecule has 0 aliphatic carbocycles. The van der Waals surface area contributed by atoms with Crippen LogP contribution in [0.25, 0.3) is 0 Å². The maximum atomic E-state index is 12.0. The van der Waals surface area contributed by atoms with E-state index in [2.05, 4.69) is 9.73 Å². The summed E-state index contributed by atoms with van der Waals surface area (Å²) in [7, 11) is 0. The molecule has 98 valence electrons. The van der Waals surface area contributed by atoms with Crippen molar-refractivity contribution in [1.29, 1.82) is 0 Å². The summed E-state index contributed by atoms with van der Waals surface area (Å²) in [6, 6.07) is 5.71. The van der Waals surface area contributed by atoms with Crippen LogP contribution in [0.15, 0.2) is 29.3 Å². The second kappa shape index (κ2) is 4.38. The minimum Gasteiger partial charge on any atom is -0.406 e. The Kier molecular flexibility index (Phi) is 3.18. The molecule has 0 radical (unpaired) electrons. The van der Waals surface area contributed by atoms with Gasteiger partial charge < -0.3 is 10.5 Å². The van der Waals surface area contributed by atoms with Gasteiger partial charge in [0.1, 0.15) is 5.75 Å². The Morgan fingerprint density at radius 2 is 1.94 bits per heavy atom. The third-order valence-electron chi connectivity index (χ3n) is 2.57. The molecule has 3 nitrogen and oxygen atoms in total. The molecule has 0 fully saturated rings. The van der Waals surface area contributed by atoms with E-state index >= 15 is 0 Å². The molecule has 1 aliphatic rings. The van der Waals surface area contributed by atoms with Crippen LogP contribution in [0.3, 0.4) is 0 Å². The second-order valence-electron chi connectivity index (χ2n) is 4.08. The molecular weight excluding hydrogens is 265 g/mol. The Bertz CT molecular complexity index is 472. The molecule has 0 aromatic heterocycles. The van der Waals surface area contributed by atoms with E-state index < -0.39 is 11.9 Å². The van der Waals surface area contributed by atoms with Crippen LogP contribution in [-0.4, -0.2) is 17.3 Å². The predicted octanol–water partition coefficient (Wildman–Crippen LogP) is 2.86. The largest absolute Gasteiger partial charge is 0.573 e. The molecule has 1 aliphatic heterocycles. The molecule has 0 bridgehead atoms. The van der Waals surface area contributed by atoms with Gasteiger partial charge in [-0.3, -0.25) is 4.99 Å². The molecule has 2 rings (SSSR count). The first kappa shape index (κ1) is 13.1. The van der Waals surface area contributed by atoms with Crippen molar-refractivity contribution in [1.82, 2.24) is 0 Å². The highest BCUT2D eigenvalue weighted by Crippen LogP contribution is 2.36. The summed E-state index contributed by atoms with van der Waals surface area (Å²) in [5, 5.41) is 0.494. The van der Waals surface area contributed by atoms with E-state index in [0.717, 1.165) is 5.56 Å². The van der Waals surface area contributed by atoms with Crippen LogP contribution in [0, 0.1) is 0 Å². The Balaban J connectivity index is 2.18. The molecule has 0 amide bonds. The van der Waals surface area contributed by atoms with Gasteiger partial charge in [0.15, 0.2) is 5.17 Å². The number of nitrogens with zero attached hydrogens (tertiary/aromatic N) is 1. The maximum absolute atomic E-state index is 12.0. The molecule has 7 heteroatoms. The number of aliphatic imine (C=N–C) groups is 1. The van der Waals surface area contributed by atoms with Crippen molar-refractivity contribution in [3.63, 3.8) is 0 Å². The Morgan fingerprint density at radius 1 is 1.33 bits per heavy atom. The van der Waals surface area contributed by atoms with E-state index in [-0.39, 0.29) is 5.75 Å². The highest BCUT2D eigenvalue weighted by Gasteiger charge is 2.33. The lowest BCUT2D eigenvalue weighted by molar-refractivity contribution is -0.274. The number of halogens is 3. The number of hydrogen-bond donors (Lipinski definition) is 1. The molecule has 18 heavy (non-hydrogen) atoms. The van der Waals surface area contributed by atoms with Gasteiger partial charge >= 0.3 is 6.36 Å². The minimum atomic E-state index is -4.67. The second-order valence-corrected chi connectivity index (χ2v) is 5.08. The number of benzene rings is 1. The molecule has 0 saturated carbocycles. The van der Waals surface area contributed by atoms with Gasteiger partial charge in [-0.15, -0.1) is 13.2 Å². The Hall–Kier alpha value is -1.37. The molecule has 1 aromatic carbocycles. The number of rotatable bonds is 2. The lowest BCUT2D eigenvalue weighted by Crippen LogP contribution is -2.20. The first-order valence-electron chi connectivity index (χ1n) is 5.13. The van der Waals surface area contributed by atoms with E-state index in [1.54, 1.807) is 12.1 Å². The van der Waals surface area contributed by atoms with Crippen molar-refractivity contribution in [2.45, 2.75) is 18.8 Å². The van der Waals surface area contributed by atoms with Crippen LogP contribution >= 0.6 is 11.8 Å². The van der Waals surface area contributed by atoms with Gasteiger partial charge in [0.05, 0.1) is 5.54 Å². The molecule has 1 aromatic rings. The number of nitrogens with two attached hydrogens (primary N) is 1. The average molecular weight is 276 g/mol. The highest BCUT2D eigenvalue weighted by molar-refractivity contribution is 8.14. The average Bonchev–Trinajstić information content (AvgIpc) is 2.58. The van der Waals surface area contributed by atoms with Gasteiger partial charge in [-0.2, -0.15) is 0 Å². The van der Waals surface area contributed by atoms with E-state index in [4.69, 9.17) is 5.73 Å². The molecule has 2 N–H and O–H groups in total. The van der Waals surface area contributed by atoms with Crippen molar-refractivity contribution in [2.75, 3.05) is 5.75 Å². The first-order chi connectivity index (χ1) is 8.28. The van der Waals surface area contributed by atoms with Crippen molar-refractivity contribution in [3.05, 3.63) is 29.8 Å². The van der Waals surface area contributed by atoms with Gasteiger partial charge in [-0.05, 0) is 24.6 Å². The number of hydrogen-bond acceptors (Lipinski definition) is 4. The van der Waals surface area contributed by atoms with Crippen LogP contribution in [-0.2, 0) is 5.54 Å². The highest BCUT2D eigenvalue weighted by atomic mass is 32.2. The quantitative estimate of drug-likeness (QED) is 0.903. The van der Waals surface area contributed by atoms with E-state index in [0.29, 0.717) is 10.9 Å². The molecule has 0 saturated heterocycles. The lowest BCUT2D eigenvalue weighted by Gasteiger charge is -2.20. The van der Waals surface area contributed by atoms with Crippen molar-refractivity contribution >= 4 is 16.9 Å². The van der Waals surface area contributed by atoms with Gasteiger partial charge in [0.2, 0.25) is 0 Å². The summed E-state index contributed by atoms with van der Waals surface area (Å²) in [4.78, 5) is 4.29. The summed E-state index contributed by atoms with van der Waals surface area (Å²) < 4.78 is 39.8. The molecular formula is C11H11F3N2OS. The van der Waals surface area contributed by atoms with Gasteiger partial charge in [-0.25, -0.2) is 0 Å². The zero-order valence-electron chi connectivity index (χ0n) is 9.49. The van der Waals surface area contributed by atoms with Gasteiger partial charge in [0, 0.05) is 5.75 Å². The predicted molar refractivity (Wildman–Crippen MR) is 64.6 cm³/mol. The van der Waals surface area contributed by atoms with E-state index in [1.807, 2.05) is 6.92 Å². The third kappa shape index (κ3) is 2.90. The SMILES string of the molecule is CC1(c2ccc(OC(F)(F)F)cc2)CSC(N)=N1.